The van der Waals surface area contributed by atoms with Crippen molar-refractivity contribution in [1.82, 2.24) is 5.32 Å². The van der Waals surface area contributed by atoms with Crippen LogP contribution in [0, 0.1) is 17.8 Å². The summed E-state index contributed by atoms with van der Waals surface area (Å²) in [4.78, 5) is 0. The van der Waals surface area contributed by atoms with Gasteiger partial charge in [-0.25, -0.2) is 0 Å². The molecule has 2 fully saturated rings. The second-order valence-electron chi connectivity index (χ2n) is 6.15. The van der Waals surface area contributed by atoms with Crippen LogP contribution < -0.4 is 10.1 Å². The lowest BCUT2D eigenvalue weighted by Crippen LogP contribution is -2.31. The SMILES string of the molecule is CCNC(c1ccc(OC)cc1)C1CC2CCC1C2. The molecule has 0 saturated heterocycles. The van der Waals surface area contributed by atoms with Crippen LogP contribution in [0.25, 0.3) is 0 Å². The summed E-state index contributed by atoms with van der Waals surface area (Å²) in [5.41, 5.74) is 1.43. The smallest absolute Gasteiger partial charge is 0.118 e. The Labute approximate surface area is 116 Å². The van der Waals surface area contributed by atoms with Crippen molar-refractivity contribution in [1.29, 1.82) is 0 Å². The number of rotatable bonds is 5. The van der Waals surface area contributed by atoms with Gasteiger partial charge < -0.3 is 10.1 Å². The van der Waals surface area contributed by atoms with E-state index < -0.39 is 0 Å². The molecule has 4 unspecified atom stereocenters. The highest BCUT2D eigenvalue weighted by molar-refractivity contribution is 5.30. The molecular formula is C17H25NO. The summed E-state index contributed by atoms with van der Waals surface area (Å²) in [6.45, 7) is 3.26. The van der Waals surface area contributed by atoms with Crippen LogP contribution in [-0.2, 0) is 0 Å². The Balaban J connectivity index is 1.79. The Morgan fingerprint density at radius 1 is 1.21 bits per heavy atom. The third-order valence-electron chi connectivity index (χ3n) is 5.12. The first kappa shape index (κ1) is 13.0. The van der Waals surface area contributed by atoms with Crippen LogP contribution in [0.1, 0.15) is 44.2 Å². The number of nitrogens with one attached hydrogen (secondary N) is 1. The van der Waals surface area contributed by atoms with Gasteiger partial charge in [-0.15, -0.1) is 0 Å². The Bertz CT molecular complexity index is 414. The van der Waals surface area contributed by atoms with E-state index in [1.165, 1.54) is 31.2 Å². The second kappa shape index (κ2) is 5.54. The largest absolute Gasteiger partial charge is 0.497 e. The molecule has 0 radical (unpaired) electrons. The summed E-state index contributed by atoms with van der Waals surface area (Å²) in [5.74, 6) is 3.75. The lowest BCUT2D eigenvalue weighted by atomic mass is 9.80. The molecule has 2 aliphatic rings. The number of methoxy groups -OCH3 is 1. The molecule has 0 spiro atoms. The zero-order valence-electron chi connectivity index (χ0n) is 12.1. The molecule has 0 heterocycles. The van der Waals surface area contributed by atoms with Crippen molar-refractivity contribution in [3.63, 3.8) is 0 Å². The van der Waals surface area contributed by atoms with Crippen LogP contribution in [0.5, 0.6) is 5.75 Å². The average molecular weight is 259 g/mol. The van der Waals surface area contributed by atoms with Crippen LogP contribution in [-0.4, -0.2) is 13.7 Å². The monoisotopic (exact) mass is 259 g/mol. The third-order valence-corrected chi connectivity index (χ3v) is 5.12. The lowest BCUT2D eigenvalue weighted by Gasteiger charge is -2.31. The van der Waals surface area contributed by atoms with E-state index in [0.29, 0.717) is 6.04 Å². The molecule has 1 aromatic carbocycles. The van der Waals surface area contributed by atoms with Crippen molar-refractivity contribution in [2.75, 3.05) is 13.7 Å². The second-order valence-corrected chi connectivity index (χ2v) is 6.15. The van der Waals surface area contributed by atoms with Gasteiger partial charge in [-0.05, 0) is 61.3 Å². The molecule has 104 valence electrons. The molecule has 2 bridgehead atoms. The summed E-state index contributed by atoms with van der Waals surface area (Å²) < 4.78 is 5.26. The predicted molar refractivity (Wildman–Crippen MR) is 78.3 cm³/mol. The van der Waals surface area contributed by atoms with E-state index in [-0.39, 0.29) is 0 Å². The highest BCUT2D eigenvalue weighted by Crippen LogP contribution is 2.52. The fraction of sp³-hybridized carbons (Fsp3) is 0.647. The number of fused-ring (bicyclic) bond motifs is 2. The Hall–Kier alpha value is -1.02. The number of benzene rings is 1. The van der Waals surface area contributed by atoms with E-state index in [0.717, 1.165) is 30.0 Å². The zero-order valence-corrected chi connectivity index (χ0v) is 12.1. The van der Waals surface area contributed by atoms with Crippen molar-refractivity contribution < 1.29 is 4.74 Å². The van der Waals surface area contributed by atoms with Crippen molar-refractivity contribution in [2.24, 2.45) is 17.8 Å². The first-order valence-corrected chi connectivity index (χ1v) is 7.69. The van der Waals surface area contributed by atoms with Crippen LogP contribution in [0.4, 0.5) is 0 Å². The minimum Gasteiger partial charge on any atom is -0.497 e. The molecule has 2 aliphatic carbocycles. The highest BCUT2D eigenvalue weighted by atomic mass is 16.5. The third kappa shape index (κ3) is 2.51. The van der Waals surface area contributed by atoms with Gasteiger partial charge in [0.05, 0.1) is 7.11 Å². The van der Waals surface area contributed by atoms with Gasteiger partial charge in [0, 0.05) is 6.04 Å². The Kier molecular flexibility index (Phi) is 3.79. The molecule has 1 N–H and O–H groups in total. The summed E-state index contributed by atoms with van der Waals surface area (Å²) in [7, 11) is 1.73. The Morgan fingerprint density at radius 2 is 2.00 bits per heavy atom. The molecule has 0 amide bonds. The first-order chi connectivity index (χ1) is 9.31. The average Bonchev–Trinajstić information content (AvgIpc) is 3.07. The first-order valence-electron chi connectivity index (χ1n) is 7.69. The maximum atomic E-state index is 5.26. The number of hydrogen-bond donors (Lipinski definition) is 1. The molecule has 4 atom stereocenters. The summed E-state index contributed by atoms with van der Waals surface area (Å²) >= 11 is 0. The minimum absolute atomic E-state index is 0.534. The topological polar surface area (TPSA) is 21.3 Å². The standard InChI is InChI=1S/C17H25NO/c1-3-18-17(13-6-8-15(19-2)9-7-13)16-11-12-4-5-14(16)10-12/h6-9,12,14,16-18H,3-5,10-11H2,1-2H3. The van der Waals surface area contributed by atoms with Crippen molar-refractivity contribution in [3.05, 3.63) is 29.8 Å². The molecule has 2 saturated carbocycles. The van der Waals surface area contributed by atoms with Gasteiger partial charge >= 0.3 is 0 Å². The molecule has 2 heteroatoms. The molecule has 0 aromatic heterocycles. The Morgan fingerprint density at radius 3 is 2.53 bits per heavy atom. The van der Waals surface area contributed by atoms with E-state index in [9.17, 15) is 0 Å². The predicted octanol–water partition coefficient (Wildman–Crippen LogP) is 3.78. The molecule has 0 aliphatic heterocycles. The van der Waals surface area contributed by atoms with Crippen molar-refractivity contribution in [2.45, 2.75) is 38.6 Å². The van der Waals surface area contributed by atoms with E-state index >= 15 is 0 Å². The lowest BCUT2D eigenvalue weighted by molar-refractivity contribution is 0.253. The van der Waals surface area contributed by atoms with E-state index in [2.05, 4.69) is 36.5 Å². The van der Waals surface area contributed by atoms with Crippen molar-refractivity contribution in [3.8, 4) is 5.75 Å². The van der Waals surface area contributed by atoms with Gasteiger partial charge in [0.2, 0.25) is 0 Å². The summed E-state index contributed by atoms with van der Waals surface area (Å²) in [5, 5.41) is 3.72. The van der Waals surface area contributed by atoms with Crippen LogP contribution >= 0.6 is 0 Å². The van der Waals surface area contributed by atoms with Gasteiger partial charge in [0.15, 0.2) is 0 Å². The fourth-order valence-corrected chi connectivity index (χ4v) is 4.25. The molecule has 2 nitrogen and oxygen atoms in total. The maximum absolute atomic E-state index is 5.26. The van der Waals surface area contributed by atoms with Gasteiger partial charge in [-0.3, -0.25) is 0 Å². The van der Waals surface area contributed by atoms with Gasteiger partial charge in [0.1, 0.15) is 5.75 Å². The summed E-state index contributed by atoms with van der Waals surface area (Å²) in [6, 6.07) is 9.18. The van der Waals surface area contributed by atoms with Crippen LogP contribution in [0.2, 0.25) is 0 Å². The van der Waals surface area contributed by atoms with Crippen molar-refractivity contribution >= 4 is 0 Å². The number of ether oxygens (including phenoxy) is 1. The van der Waals surface area contributed by atoms with Gasteiger partial charge in [-0.1, -0.05) is 25.5 Å². The minimum atomic E-state index is 0.534. The summed E-state index contributed by atoms with van der Waals surface area (Å²) in [6.07, 6.45) is 5.83. The zero-order chi connectivity index (χ0) is 13.2. The highest BCUT2D eigenvalue weighted by Gasteiger charge is 2.43. The fourth-order valence-electron chi connectivity index (χ4n) is 4.25. The van der Waals surface area contributed by atoms with E-state index in [1.807, 2.05) is 0 Å². The molecule has 19 heavy (non-hydrogen) atoms. The maximum Gasteiger partial charge on any atom is 0.118 e. The quantitative estimate of drug-likeness (QED) is 0.869. The van der Waals surface area contributed by atoms with E-state index in [1.54, 1.807) is 7.11 Å². The van der Waals surface area contributed by atoms with E-state index in [4.69, 9.17) is 4.74 Å². The molecular weight excluding hydrogens is 234 g/mol. The van der Waals surface area contributed by atoms with Crippen LogP contribution in [0.15, 0.2) is 24.3 Å². The molecule has 1 aromatic rings. The van der Waals surface area contributed by atoms with Gasteiger partial charge in [0.25, 0.3) is 0 Å². The van der Waals surface area contributed by atoms with Crippen LogP contribution in [0.3, 0.4) is 0 Å². The van der Waals surface area contributed by atoms with Gasteiger partial charge in [-0.2, -0.15) is 0 Å². The normalized spacial score (nSPS) is 30.5. The number of hydrogen-bond acceptors (Lipinski definition) is 2. The molecule has 3 rings (SSSR count).